The highest BCUT2D eigenvalue weighted by atomic mass is 16.5. The fourth-order valence-corrected chi connectivity index (χ4v) is 1.93. The first-order chi connectivity index (χ1) is 10.2. The molecule has 6 heteroatoms. The van der Waals surface area contributed by atoms with Crippen LogP contribution in [0.3, 0.4) is 0 Å². The van der Waals surface area contributed by atoms with Crippen LogP contribution < -0.4 is 10.1 Å². The third-order valence-corrected chi connectivity index (χ3v) is 3.06. The summed E-state index contributed by atoms with van der Waals surface area (Å²) in [5, 5.41) is 11.9. The quantitative estimate of drug-likeness (QED) is 0.648. The number of amides is 1. The van der Waals surface area contributed by atoms with Gasteiger partial charge in [0.2, 0.25) is 5.91 Å². The van der Waals surface area contributed by atoms with E-state index in [-0.39, 0.29) is 19.1 Å². The molecule has 0 atom stereocenters. The SMILES string of the molecule is COCCN(CCO)CC(=O)NCc1ccccc1OC. The van der Waals surface area contributed by atoms with Crippen molar-refractivity contribution in [1.82, 2.24) is 10.2 Å². The molecule has 0 spiro atoms. The van der Waals surface area contributed by atoms with Gasteiger partial charge in [0.15, 0.2) is 0 Å². The molecule has 2 N–H and O–H groups in total. The Hall–Kier alpha value is -1.63. The normalized spacial score (nSPS) is 10.7. The Labute approximate surface area is 125 Å². The van der Waals surface area contributed by atoms with Crippen LogP contribution in [0, 0.1) is 0 Å². The minimum atomic E-state index is -0.0922. The van der Waals surface area contributed by atoms with Crippen LogP contribution in [-0.2, 0) is 16.1 Å². The summed E-state index contributed by atoms with van der Waals surface area (Å²) in [5.74, 6) is 0.662. The molecule has 21 heavy (non-hydrogen) atoms. The van der Waals surface area contributed by atoms with Crippen LogP contribution in [0.15, 0.2) is 24.3 Å². The zero-order valence-electron chi connectivity index (χ0n) is 12.7. The average Bonchev–Trinajstić information content (AvgIpc) is 2.51. The molecule has 1 aromatic carbocycles. The molecule has 0 unspecified atom stereocenters. The number of hydrogen-bond donors (Lipinski definition) is 2. The van der Waals surface area contributed by atoms with Crippen molar-refractivity contribution < 1.29 is 19.4 Å². The molecule has 118 valence electrons. The van der Waals surface area contributed by atoms with Gasteiger partial charge in [-0.05, 0) is 6.07 Å². The van der Waals surface area contributed by atoms with Gasteiger partial charge in [0, 0.05) is 32.3 Å². The summed E-state index contributed by atoms with van der Waals surface area (Å²) in [4.78, 5) is 13.8. The molecule has 0 saturated carbocycles. The molecule has 1 amide bonds. The van der Waals surface area contributed by atoms with E-state index in [0.717, 1.165) is 11.3 Å². The van der Waals surface area contributed by atoms with Crippen LogP contribution in [0.2, 0.25) is 0 Å². The number of ether oxygens (including phenoxy) is 2. The number of nitrogens with one attached hydrogen (secondary N) is 1. The lowest BCUT2D eigenvalue weighted by Crippen LogP contribution is -2.40. The molecule has 0 fully saturated rings. The number of rotatable bonds is 10. The number of aliphatic hydroxyl groups excluding tert-OH is 1. The number of aliphatic hydroxyl groups is 1. The number of methoxy groups -OCH3 is 2. The largest absolute Gasteiger partial charge is 0.496 e. The van der Waals surface area contributed by atoms with Crippen molar-refractivity contribution in [3.8, 4) is 5.75 Å². The van der Waals surface area contributed by atoms with Crippen LogP contribution in [0.25, 0.3) is 0 Å². The molecule has 0 radical (unpaired) electrons. The number of carbonyl (C=O) groups is 1. The molecule has 0 aliphatic heterocycles. The molecule has 0 aromatic heterocycles. The minimum Gasteiger partial charge on any atom is -0.496 e. The van der Waals surface area contributed by atoms with Crippen molar-refractivity contribution in [2.45, 2.75) is 6.54 Å². The summed E-state index contributed by atoms with van der Waals surface area (Å²) in [6, 6.07) is 7.56. The van der Waals surface area contributed by atoms with E-state index in [1.807, 2.05) is 29.2 Å². The molecule has 0 aliphatic carbocycles. The second-order valence-corrected chi connectivity index (χ2v) is 4.58. The highest BCUT2D eigenvalue weighted by molar-refractivity contribution is 5.78. The number of nitrogens with zero attached hydrogens (tertiary/aromatic N) is 1. The highest BCUT2D eigenvalue weighted by Gasteiger charge is 2.10. The van der Waals surface area contributed by atoms with Crippen LogP contribution in [0.5, 0.6) is 5.75 Å². The topological polar surface area (TPSA) is 71.0 Å². The van der Waals surface area contributed by atoms with E-state index in [1.165, 1.54) is 0 Å². The van der Waals surface area contributed by atoms with Crippen LogP contribution >= 0.6 is 0 Å². The highest BCUT2D eigenvalue weighted by Crippen LogP contribution is 2.16. The van der Waals surface area contributed by atoms with Gasteiger partial charge >= 0.3 is 0 Å². The fraction of sp³-hybridized carbons (Fsp3) is 0.533. The maximum atomic E-state index is 11.9. The van der Waals surface area contributed by atoms with Crippen LogP contribution in [0.4, 0.5) is 0 Å². The fourth-order valence-electron chi connectivity index (χ4n) is 1.93. The minimum absolute atomic E-state index is 0.0174. The van der Waals surface area contributed by atoms with Crippen molar-refractivity contribution in [3.05, 3.63) is 29.8 Å². The Bertz CT molecular complexity index is 426. The smallest absolute Gasteiger partial charge is 0.234 e. The number of carbonyl (C=O) groups excluding carboxylic acids is 1. The number of benzene rings is 1. The van der Waals surface area contributed by atoms with Gasteiger partial charge in [0.05, 0.1) is 26.9 Å². The predicted octanol–water partition coefficient (Wildman–Crippen LogP) is 0.252. The Morgan fingerprint density at radius 1 is 1.29 bits per heavy atom. The Morgan fingerprint density at radius 3 is 2.71 bits per heavy atom. The molecule has 0 heterocycles. The van der Waals surface area contributed by atoms with Gasteiger partial charge in [-0.25, -0.2) is 0 Å². The summed E-state index contributed by atoms with van der Waals surface area (Å²) in [6.07, 6.45) is 0. The van der Waals surface area contributed by atoms with Gasteiger partial charge in [-0.2, -0.15) is 0 Å². The van der Waals surface area contributed by atoms with Crippen molar-refractivity contribution in [1.29, 1.82) is 0 Å². The molecular formula is C15H24N2O4. The molecule has 0 saturated heterocycles. The van der Waals surface area contributed by atoms with Gasteiger partial charge in [0.1, 0.15) is 5.75 Å². The summed E-state index contributed by atoms with van der Waals surface area (Å²) < 4.78 is 10.2. The standard InChI is InChI=1S/C15H24N2O4/c1-20-10-8-17(7-9-18)12-15(19)16-11-13-5-3-4-6-14(13)21-2/h3-6,18H,7-12H2,1-2H3,(H,16,19). The monoisotopic (exact) mass is 296 g/mol. The Balaban J connectivity index is 2.44. The van der Waals surface area contributed by atoms with Gasteiger partial charge in [-0.1, -0.05) is 18.2 Å². The van der Waals surface area contributed by atoms with Crippen molar-refractivity contribution in [3.63, 3.8) is 0 Å². The van der Waals surface area contributed by atoms with Gasteiger partial charge in [-0.3, -0.25) is 9.69 Å². The maximum Gasteiger partial charge on any atom is 0.234 e. The zero-order valence-corrected chi connectivity index (χ0v) is 12.7. The number of para-hydroxylation sites is 1. The van der Waals surface area contributed by atoms with E-state index in [0.29, 0.717) is 26.2 Å². The summed E-state index contributed by atoms with van der Waals surface area (Å²) in [6.45, 7) is 2.26. The average molecular weight is 296 g/mol. The third kappa shape index (κ3) is 6.57. The van der Waals surface area contributed by atoms with E-state index in [2.05, 4.69) is 5.32 Å². The molecule has 0 aliphatic rings. The predicted molar refractivity (Wildman–Crippen MR) is 80.2 cm³/mol. The van der Waals surface area contributed by atoms with Gasteiger partial charge in [-0.15, -0.1) is 0 Å². The van der Waals surface area contributed by atoms with E-state index < -0.39 is 0 Å². The number of hydrogen-bond acceptors (Lipinski definition) is 5. The van der Waals surface area contributed by atoms with Gasteiger partial charge in [0.25, 0.3) is 0 Å². The van der Waals surface area contributed by atoms with Crippen molar-refractivity contribution >= 4 is 5.91 Å². The second kappa shape index (κ2) is 10.1. The van der Waals surface area contributed by atoms with Crippen LogP contribution in [-0.4, -0.2) is 63.0 Å². The Morgan fingerprint density at radius 2 is 2.05 bits per heavy atom. The van der Waals surface area contributed by atoms with Crippen LogP contribution in [0.1, 0.15) is 5.56 Å². The molecular weight excluding hydrogens is 272 g/mol. The molecule has 6 nitrogen and oxygen atoms in total. The molecule has 0 bridgehead atoms. The third-order valence-electron chi connectivity index (χ3n) is 3.06. The zero-order chi connectivity index (χ0) is 15.5. The first-order valence-corrected chi connectivity index (χ1v) is 6.92. The van der Waals surface area contributed by atoms with E-state index in [4.69, 9.17) is 14.6 Å². The van der Waals surface area contributed by atoms with E-state index in [1.54, 1.807) is 14.2 Å². The lowest BCUT2D eigenvalue weighted by molar-refractivity contribution is -0.122. The first kappa shape index (κ1) is 17.4. The van der Waals surface area contributed by atoms with Gasteiger partial charge < -0.3 is 19.9 Å². The van der Waals surface area contributed by atoms with E-state index in [9.17, 15) is 4.79 Å². The summed E-state index contributed by atoms with van der Waals surface area (Å²) in [5.41, 5.74) is 0.930. The summed E-state index contributed by atoms with van der Waals surface area (Å²) >= 11 is 0. The molecule has 1 rings (SSSR count). The van der Waals surface area contributed by atoms with Crippen molar-refractivity contribution in [2.75, 3.05) is 47.1 Å². The second-order valence-electron chi connectivity index (χ2n) is 4.58. The first-order valence-electron chi connectivity index (χ1n) is 6.92. The van der Waals surface area contributed by atoms with Crippen molar-refractivity contribution in [2.24, 2.45) is 0 Å². The summed E-state index contributed by atoms with van der Waals surface area (Å²) in [7, 11) is 3.22. The molecule has 1 aromatic rings. The lowest BCUT2D eigenvalue weighted by Gasteiger charge is -2.20. The van der Waals surface area contributed by atoms with E-state index >= 15 is 0 Å². The maximum absolute atomic E-state index is 11.9. The Kier molecular flexibility index (Phi) is 8.42. The lowest BCUT2D eigenvalue weighted by atomic mass is 10.2.